The van der Waals surface area contributed by atoms with E-state index in [4.69, 9.17) is 9.47 Å². The number of pyridine rings is 1. The Hall–Kier alpha value is -3.54. The minimum atomic E-state index is -0.218. The standard InChI is InChI=1S/C23H25N3O3/c1-15(2)29-19-8-6-18(7-9-19)25-23(27)17-11-12-24-22(14-17)26-20-13-16(3)5-10-21(20)28-4/h5-15H,1-4H3,(H,24,26)(H,25,27). The number of rotatable bonds is 7. The fourth-order valence-corrected chi connectivity index (χ4v) is 2.79. The Bertz CT molecular complexity index is 985. The second kappa shape index (κ2) is 9.10. The molecule has 0 saturated carbocycles. The number of hydrogen-bond donors (Lipinski definition) is 2. The molecule has 1 amide bonds. The van der Waals surface area contributed by atoms with Crippen molar-refractivity contribution in [2.75, 3.05) is 17.7 Å². The van der Waals surface area contributed by atoms with Gasteiger partial charge in [0.1, 0.15) is 17.3 Å². The minimum Gasteiger partial charge on any atom is -0.495 e. The molecule has 3 aromatic rings. The van der Waals surface area contributed by atoms with E-state index in [9.17, 15) is 4.79 Å². The van der Waals surface area contributed by atoms with Gasteiger partial charge in [-0.05, 0) is 74.9 Å². The fraction of sp³-hybridized carbons (Fsp3) is 0.217. The molecule has 6 heteroatoms. The van der Waals surface area contributed by atoms with Crippen LogP contribution in [0.5, 0.6) is 11.5 Å². The van der Waals surface area contributed by atoms with Crippen molar-refractivity contribution in [1.29, 1.82) is 0 Å². The Morgan fingerprint density at radius 3 is 2.48 bits per heavy atom. The third kappa shape index (κ3) is 5.48. The van der Waals surface area contributed by atoms with Gasteiger partial charge in [0.2, 0.25) is 0 Å². The summed E-state index contributed by atoms with van der Waals surface area (Å²) in [6, 6.07) is 16.5. The van der Waals surface area contributed by atoms with Crippen molar-refractivity contribution >= 4 is 23.1 Å². The number of aryl methyl sites for hydroxylation is 1. The topological polar surface area (TPSA) is 72.5 Å². The zero-order valence-corrected chi connectivity index (χ0v) is 17.0. The molecule has 0 spiro atoms. The van der Waals surface area contributed by atoms with Gasteiger partial charge in [0.25, 0.3) is 5.91 Å². The van der Waals surface area contributed by atoms with Crippen LogP contribution in [0.2, 0.25) is 0 Å². The van der Waals surface area contributed by atoms with Crippen LogP contribution in [0, 0.1) is 6.92 Å². The van der Waals surface area contributed by atoms with E-state index in [1.807, 2.05) is 63.2 Å². The molecule has 29 heavy (non-hydrogen) atoms. The van der Waals surface area contributed by atoms with E-state index in [-0.39, 0.29) is 12.0 Å². The summed E-state index contributed by atoms with van der Waals surface area (Å²) in [5, 5.41) is 6.10. The SMILES string of the molecule is COc1ccc(C)cc1Nc1cc(C(=O)Nc2ccc(OC(C)C)cc2)ccn1. The molecular weight excluding hydrogens is 366 g/mol. The number of amides is 1. The van der Waals surface area contributed by atoms with Crippen LogP contribution >= 0.6 is 0 Å². The third-order valence-corrected chi connectivity index (χ3v) is 4.12. The molecule has 2 N–H and O–H groups in total. The minimum absolute atomic E-state index is 0.102. The summed E-state index contributed by atoms with van der Waals surface area (Å²) in [5.74, 6) is 1.81. The van der Waals surface area contributed by atoms with Crippen molar-refractivity contribution in [3.8, 4) is 11.5 Å². The molecule has 1 aromatic heterocycles. The lowest BCUT2D eigenvalue weighted by molar-refractivity contribution is 0.102. The Morgan fingerprint density at radius 1 is 1.03 bits per heavy atom. The molecule has 3 rings (SSSR count). The number of carbonyl (C=O) groups is 1. The monoisotopic (exact) mass is 391 g/mol. The number of nitrogens with zero attached hydrogens (tertiary/aromatic N) is 1. The van der Waals surface area contributed by atoms with Gasteiger partial charge < -0.3 is 20.1 Å². The second-order valence-corrected chi connectivity index (χ2v) is 6.90. The summed E-state index contributed by atoms with van der Waals surface area (Å²) in [6.07, 6.45) is 1.70. The third-order valence-electron chi connectivity index (χ3n) is 4.12. The van der Waals surface area contributed by atoms with Gasteiger partial charge in [0.15, 0.2) is 0 Å². The molecule has 0 radical (unpaired) electrons. The summed E-state index contributed by atoms with van der Waals surface area (Å²) in [6.45, 7) is 5.94. The van der Waals surface area contributed by atoms with Crippen molar-refractivity contribution < 1.29 is 14.3 Å². The summed E-state index contributed by atoms with van der Waals surface area (Å²) in [7, 11) is 1.62. The second-order valence-electron chi connectivity index (χ2n) is 6.90. The molecule has 0 aliphatic heterocycles. The van der Waals surface area contributed by atoms with Crippen molar-refractivity contribution in [3.63, 3.8) is 0 Å². The van der Waals surface area contributed by atoms with E-state index in [2.05, 4.69) is 15.6 Å². The number of nitrogens with one attached hydrogen (secondary N) is 2. The first-order valence-corrected chi connectivity index (χ1v) is 9.40. The summed E-state index contributed by atoms with van der Waals surface area (Å²) < 4.78 is 11.0. The molecule has 150 valence electrons. The van der Waals surface area contributed by atoms with Crippen molar-refractivity contribution in [2.45, 2.75) is 26.9 Å². The fourth-order valence-electron chi connectivity index (χ4n) is 2.79. The quantitative estimate of drug-likeness (QED) is 0.580. The van der Waals surface area contributed by atoms with Gasteiger partial charge >= 0.3 is 0 Å². The van der Waals surface area contributed by atoms with Gasteiger partial charge in [0, 0.05) is 17.4 Å². The highest BCUT2D eigenvalue weighted by Gasteiger charge is 2.10. The van der Waals surface area contributed by atoms with Crippen molar-refractivity contribution in [3.05, 3.63) is 71.9 Å². The molecule has 0 saturated heterocycles. The number of methoxy groups -OCH3 is 1. The van der Waals surface area contributed by atoms with Crippen LogP contribution in [-0.4, -0.2) is 24.1 Å². The van der Waals surface area contributed by atoms with E-state index in [1.165, 1.54) is 0 Å². The van der Waals surface area contributed by atoms with E-state index in [0.717, 1.165) is 17.0 Å². The van der Waals surface area contributed by atoms with E-state index in [1.54, 1.807) is 25.4 Å². The molecule has 0 unspecified atom stereocenters. The molecule has 0 aliphatic carbocycles. The van der Waals surface area contributed by atoms with Crippen molar-refractivity contribution in [1.82, 2.24) is 4.98 Å². The van der Waals surface area contributed by atoms with Crippen LogP contribution < -0.4 is 20.1 Å². The number of benzene rings is 2. The first-order chi connectivity index (χ1) is 13.9. The van der Waals surface area contributed by atoms with Gasteiger partial charge in [-0.1, -0.05) is 6.07 Å². The van der Waals surface area contributed by atoms with Gasteiger partial charge in [-0.25, -0.2) is 4.98 Å². The summed E-state index contributed by atoms with van der Waals surface area (Å²) in [4.78, 5) is 16.9. The normalized spacial score (nSPS) is 10.5. The van der Waals surface area contributed by atoms with E-state index < -0.39 is 0 Å². The molecule has 0 bridgehead atoms. The number of anilines is 3. The molecule has 6 nitrogen and oxygen atoms in total. The Labute approximate surface area is 170 Å². The molecule has 0 aliphatic rings. The highest BCUT2D eigenvalue weighted by molar-refractivity contribution is 6.04. The van der Waals surface area contributed by atoms with Crippen molar-refractivity contribution in [2.24, 2.45) is 0 Å². The van der Waals surface area contributed by atoms with Crippen LogP contribution in [0.3, 0.4) is 0 Å². The maximum Gasteiger partial charge on any atom is 0.255 e. The highest BCUT2D eigenvalue weighted by atomic mass is 16.5. The molecule has 0 atom stereocenters. The molecular formula is C23H25N3O3. The van der Waals surface area contributed by atoms with Crippen LogP contribution in [0.1, 0.15) is 29.8 Å². The molecule has 2 aromatic carbocycles. The lowest BCUT2D eigenvalue weighted by atomic mass is 10.2. The lowest BCUT2D eigenvalue weighted by Gasteiger charge is -2.13. The highest BCUT2D eigenvalue weighted by Crippen LogP contribution is 2.28. The smallest absolute Gasteiger partial charge is 0.255 e. The maximum atomic E-state index is 12.6. The lowest BCUT2D eigenvalue weighted by Crippen LogP contribution is -2.12. The zero-order chi connectivity index (χ0) is 20.8. The molecule has 0 fully saturated rings. The van der Waals surface area contributed by atoms with Gasteiger partial charge in [-0.3, -0.25) is 4.79 Å². The Kier molecular flexibility index (Phi) is 6.34. The number of hydrogen-bond acceptors (Lipinski definition) is 5. The molecule has 1 heterocycles. The van der Waals surface area contributed by atoms with Crippen LogP contribution in [0.4, 0.5) is 17.2 Å². The van der Waals surface area contributed by atoms with Crippen LogP contribution in [0.15, 0.2) is 60.8 Å². The van der Waals surface area contributed by atoms with Crippen LogP contribution in [0.25, 0.3) is 0 Å². The van der Waals surface area contributed by atoms with E-state index in [0.29, 0.717) is 22.8 Å². The van der Waals surface area contributed by atoms with Gasteiger partial charge in [-0.2, -0.15) is 0 Å². The predicted molar refractivity (Wildman–Crippen MR) is 115 cm³/mol. The Balaban J connectivity index is 1.72. The largest absolute Gasteiger partial charge is 0.495 e. The van der Waals surface area contributed by atoms with E-state index >= 15 is 0 Å². The number of aromatic nitrogens is 1. The van der Waals surface area contributed by atoms with Gasteiger partial charge in [0.05, 0.1) is 18.9 Å². The average Bonchev–Trinajstić information content (AvgIpc) is 2.69. The van der Waals surface area contributed by atoms with Gasteiger partial charge in [-0.15, -0.1) is 0 Å². The number of carbonyl (C=O) groups excluding carboxylic acids is 1. The zero-order valence-electron chi connectivity index (χ0n) is 17.0. The Morgan fingerprint density at radius 2 is 1.79 bits per heavy atom. The average molecular weight is 391 g/mol. The summed E-state index contributed by atoms with van der Waals surface area (Å²) in [5.41, 5.74) is 3.07. The summed E-state index contributed by atoms with van der Waals surface area (Å²) >= 11 is 0. The first-order valence-electron chi connectivity index (χ1n) is 9.40. The first kappa shape index (κ1) is 20.2. The maximum absolute atomic E-state index is 12.6. The number of ether oxygens (including phenoxy) is 2. The van der Waals surface area contributed by atoms with Crippen LogP contribution in [-0.2, 0) is 0 Å². The predicted octanol–water partition coefficient (Wildman–Crippen LogP) is 5.18.